The molecule has 0 bridgehead atoms. The zero-order valence-corrected chi connectivity index (χ0v) is 15.2. The Morgan fingerprint density at radius 1 is 1.39 bits per heavy atom. The lowest BCUT2D eigenvalue weighted by Gasteiger charge is -2.32. The lowest BCUT2D eigenvalue weighted by molar-refractivity contribution is -0.125. The predicted octanol–water partition coefficient (Wildman–Crippen LogP) is 2.15. The third-order valence-corrected chi connectivity index (χ3v) is 4.78. The van der Waals surface area contributed by atoms with Gasteiger partial charge in [0, 0.05) is 24.3 Å². The first-order chi connectivity index (χ1) is 13.5. The van der Waals surface area contributed by atoms with Gasteiger partial charge in [-0.3, -0.25) is 9.59 Å². The third-order valence-electron chi connectivity index (χ3n) is 4.78. The van der Waals surface area contributed by atoms with Crippen molar-refractivity contribution in [3.8, 4) is 5.75 Å². The number of carbonyl (C=O) groups excluding carboxylic acids is 2. The molecular weight excluding hydrogens is 374 g/mol. The van der Waals surface area contributed by atoms with Gasteiger partial charge in [-0.05, 0) is 25.0 Å². The normalized spacial score (nSPS) is 18.7. The Bertz CT molecular complexity index is 715. The van der Waals surface area contributed by atoms with E-state index in [1.807, 2.05) is 0 Å². The average Bonchev–Trinajstić information content (AvgIpc) is 2.61. The van der Waals surface area contributed by atoms with Crippen LogP contribution in [0, 0.1) is 0 Å². The van der Waals surface area contributed by atoms with Gasteiger partial charge in [0.1, 0.15) is 6.61 Å². The first-order valence-electron chi connectivity index (χ1n) is 9.16. The van der Waals surface area contributed by atoms with Crippen LogP contribution in [0.25, 0.3) is 5.73 Å². The summed E-state index contributed by atoms with van der Waals surface area (Å²) in [6, 6.07) is 3.76. The number of nitrogens with zero attached hydrogens (tertiary/aromatic N) is 1. The summed E-state index contributed by atoms with van der Waals surface area (Å²) in [6.45, 7) is -2.84. The number of amides is 2. The van der Waals surface area contributed by atoms with Crippen LogP contribution in [-0.2, 0) is 14.3 Å². The molecule has 0 radical (unpaired) electrons. The Morgan fingerprint density at radius 3 is 2.79 bits per heavy atom. The number of hydrogen-bond acceptors (Lipinski definition) is 5. The maximum atomic E-state index is 12.9. The van der Waals surface area contributed by atoms with Crippen LogP contribution in [0.4, 0.5) is 20.2 Å². The number of rotatable bonds is 8. The van der Waals surface area contributed by atoms with Gasteiger partial charge in [0.05, 0.1) is 18.3 Å². The Balaban J connectivity index is 1.75. The average molecular weight is 397 g/mol. The Kier molecular flexibility index (Phi) is 6.76. The minimum atomic E-state index is -3.08. The quantitative estimate of drug-likeness (QED) is 0.700. The van der Waals surface area contributed by atoms with Gasteiger partial charge in [-0.2, -0.15) is 8.78 Å². The number of hydrogen-bond donors (Lipinski definition) is 2. The van der Waals surface area contributed by atoms with Crippen molar-refractivity contribution in [1.29, 1.82) is 0 Å². The number of carbonyl (C=O) groups is 2. The number of benzene rings is 1. The molecule has 1 saturated carbocycles. The molecule has 0 spiro atoms. The highest BCUT2D eigenvalue weighted by Crippen LogP contribution is 2.33. The van der Waals surface area contributed by atoms with Crippen LogP contribution >= 0.6 is 0 Å². The van der Waals surface area contributed by atoms with Gasteiger partial charge in [0.2, 0.25) is 5.91 Å². The fourth-order valence-electron chi connectivity index (χ4n) is 3.09. The second-order valence-electron chi connectivity index (χ2n) is 6.70. The van der Waals surface area contributed by atoms with Crippen LogP contribution in [0.2, 0.25) is 0 Å². The van der Waals surface area contributed by atoms with E-state index in [1.54, 1.807) is 0 Å². The molecular formula is C18H23F2N4O4-. The van der Waals surface area contributed by atoms with Gasteiger partial charge in [0.15, 0.2) is 5.75 Å². The molecule has 1 saturated heterocycles. The molecule has 10 heteroatoms. The van der Waals surface area contributed by atoms with E-state index in [0.29, 0.717) is 0 Å². The topological polar surface area (TPSA) is 104 Å². The summed E-state index contributed by atoms with van der Waals surface area (Å²) in [6.07, 6.45) is 3.04. The molecule has 1 heterocycles. The van der Waals surface area contributed by atoms with Crippen molar-refractivity contribution in [2.75, 3.05) is 36.5 Å². The van der Waals surface area contributed by atoms with Crippen LogP contribution in [-0.4, -0.2) is 56.8 Å². The smallest absolute Gasteiger partial charge is 0.387 e. The molecule has 3 N–H and O–H groups in total. The largest absolute Gasteiger partial charge is 0.676 e. The monoisotopic (exact) mass is 397 g/mol. The Morgan fingerprint density at radius 2 is 2.18 bits per heavy atom. The van der Waals surface area contributed by atoms with Crippen LogP contribution in [0.15, 0.2) is 18.2 Å². The van der Waals surface area contributed by atoms with E-state index in [-0.39, 0.29) is 55.4 Å². The number of ether oxygens (including phenoxy) is 2. The molecule has 2 fully saturated rings. The molecule has 28 heavy (non-hydrogen) atoms. The molecule has 1 aromatic carbocycles. The molecule has 2 amide bonds. The number of nitrogens with one attached hydrogen (secondary N) is 3. The maximum absolute atomic E-state index is 12.9. The van der Waals surface area contributed by atoms with Gasteiger partial charge >= 0.3 is 6.61 Å². The van der Waals surface area contributed by atoms with Gasteiger partial charge in [-0.25, -0.2) is 0 Å². The van der Waals surface area contributed by atoms with Crippen molar-refractivity contribution in [1.82, 2.24) is 5.32 Å². The number of halogens is 2. The molecule has 1 aromatic rings. The highest BCUT2D eigenvalue weighted by atomic mass is 19.3. The molecule has 8 nitrogen and oxygen atoms in total. The summed E-state index contributed by atoms with van der Waals surface area (Å²) < 4.78 is 35.3. The summed E-state index contributed by atoms with van der Waals surface area (Å²) in [5.41, 5.74) is 8.01. The van der Waals surface area contributed by atoms with Crippen molar-refractivity contribution in [3.63, 3.8) is 0 Å². The second-order valence-corrected chi connectivity index (χ2v) is 6.70. The van der Waals surface area contributed by atoms with Gasteiger partial charge in [0.25, 0.3) is 5.91 Å². The van der Waals surface area contributed by atoms with E-state index >= 15 is 0 Å². The molecule has 1 atom stereocenters. The summed E-state index contributed by atoms with van der Waals surface area (Å²) in [7, 11) is 0. The summed E-state index contributed by atoms with van der Waals surface area (Å²) in [5, 5.41) is 5.75. The molecule has 0 unspecified atom stereocenters. The lowest BCUT2D eigenvalue weighted by Crippen LogP contribution is -2.49. The van der Waals surface area contributed by atoms with Crippen molar-refractivity contribution < 1.29 is 27.8 Å². The summed E-state index contributed by atoms with van der Waals surface area (Å²) in [4.78, 5) is 25.8. The summed E-state index contributed by atoms with van der Waals surface area (Å²) >= 11 is 0. The fraction of sp³-hybridized carbons (Fsp3) is 0.556. The van der Waals surface area contributed by atoms with Gasteiger partial charge in [-0.1, -0.05) is 6.42 Å². The van der Waals surface area contributed by atoms with Gasteiger partial charge in [-0.15, -0.1) is 6.54 Å². The number of anilines is 2. The van der Waals surface area contributed by atoms with E-state index in [1.165, 1.54) is 23.1 Å². The van der Waals surface area contributed by atoms with E-state index in [0.717, 1.165) is 19.3 Å². The third kappa shape index (κ3) is 4.94. The van der Waals surface area contributed by atoms with Crippen LogP contribution < -0.4 is 20.3 Å². The van der Waals surface area contributed by atoms with Crippen molar-refractivity contribution in [2.45, 2.75) is 38.0 Å². The fourth-order valence-corrected chi connectivity index (χ4v) is 3.09. The minimum absolute atomic E-state index is 0.134. The second kappa shape index (κ2) is 9.26. The van der Waals surface area contributed by atoms with E-state index in [2.05, 4.69) is 15.4 Å². The molecule has 154 valence electrons. The lowest BCUT2D eigenvalue weighted by atomic mass is 9.92. The molecule has 3 rings (SSSR count). The van der Waals surface area contributed by atoms with Crippen molar-refractivity contribution >= 4 is 23.2 Å². The van der Waals surface area contributed by atoms with Crippen molar-refractivity contribution in [3.05, 3.63) is 23.9 Å². The van der Waals surface area contributed by atoms with E-state index in [9.17, 15) is 18.4 Å². The first kappa shape index (κ1) is 20.4. The molecule has 0 aromatic heterocycles. The van der Waals surface area contributed by atoms with Crippen molar-refractivity contribution in [2.24, 2.45) is 0 Å². The SMILES string of the molecule is [NH-]C[C@H](NC1CCC1)C(=O)Nc1ccc(N2CCOCC2=O)c(OC(F)F)c1. The van der Waals surface area contributed by atoms with Crippen LogP contribution in [0.1, 0.15) is 19.3 Å². The zero-order valence-electron chi connectivity index (χ0n) is 15.2. The maximum Gasteiger partial charge on any atom is 0.387 e. The minimum Gasteiger partial charge on any atom is -0.676 e. The summed E-state index contributed by atoms with van der Waals surface area (Å²) in [5.74, 6) is -0.987. The highest BCUT2D eigenvalue weighted by Gasteiger charge is 2.26. The zero-order chi connectivity index (χ0) is 20.1. The standard InChI is InChI=1S/C18H23F2N4O4/c19-18(20)28-15-8-12(4-5-14(15)24-6-7-27-10-16(24)25)23-17(26)13(9-21)22-11-2-1-3-11/h4-5,8,11,13,18,21-22H,1-3,6-7,9-10H2,(H,23,26)/q-1/t13-/m0/s1. The van der Waals surface area contributed by atoms with Gasteiger partial charge < -0.3 is 30.7 Å². The Labute approximate surface area is 161 Å². The Hall–Kier alpha value is -2.30. The van der Waals surface area contributed by atoms with E-state index < -0.39 is 18.6 Å². The van der Waals surface area contributed by atoms with E-state index in [4.69, 9.17) is 10.5 Å². The number of alkyl halides is 2. The number of morpholine rings is 1. The highest BCUT2D eigenvalue weighted by molar-refractivity contribution is 5.98. The first-order valence-corrected chi connectivity index (χ1v) is 9.16. The molecule has 1 aliphatic carbocycles. The predicted molar refractivity (Wildman–Crippen MR) is 98.6 cm³/mol. The molecule has 2 aliphatic rings. The van der Waals surface area contributed by atoms with Crippen LogP contribution in [0.5, 0.6) is 5.75 Å². The van der Waals surface area contributed by atoms with Crippen LogP contribution in [0.3, 0.4) is 0 Å². The molecule has 1 aliphatic heterocycles.